The van der Waals surface area contributed by atoms with Crippen LogP contribution in [-0.2, 0) is 0 Å². The minimum absolute atomic E-state index is 0.446. The maximum Gasteiger partial charge on any atom is 0.0295 e. The molecular weight excluding hydrogens is 196 g/mol. The minimum Gasteiger partial charge on any atom is -0.307 e. The van der Waals surface area contributed by atoms with Crippen molar-refractivity contribution < 1.29 is 0 Å². The van der Waals surface area contributed by atoms with Crippen LogP contribution in [0.4, 0.5) is 0 Å². The molecule has 0 spiro atoms. The Morgan fingerprint density at radius 1 is 1.19 bits per heavy atom. The predicted molar refractivity (Wildman–Crippen MR) is 67.2 cm³/mol. The molecule has 2 heteroatoms. The van der Waals surface area contributed by atoms with E-state index in [9.17, 15) is 0 Å². The van der Waals surface area contributed by atoms with Gasteiger partial charge < -0.3 is 5.32 Å². The molecular formula is C14H22N2. The average molecular weight is 218 g/mol. The smallest absolute Gasteiger partial charge is 0.0295 e. The Kier molecular flexibility index (Phi) is 3.94. The van der Waals surface area contributed by atoms with Gasteiger partial charge in [-0.1, -0.05) is 6.92 Å². The van der Waals surface area contributed by atoms with Crippen molar-refractivity contribution in [3.05, 3.63) is 30.1 Å². The van der Waals surface area contributed by atoms with Gasteiger partial charge in [0.05, 0.1) is 0 Å². The summed E-state index contributed by atoms with van der Waals surface area (Å²) in [5, 5.41) is 3.73. The summed E-state index contributed by atoms with van der Waals surface area (Å²) >= 11 is 0. The molecule has 1 aliphatic rings. The Bertz CT molecular complexity index is 302. The first kappa shape index (κ1) is 11.6. The van der Waals surface area contributed by atoms with E-state index in [4.69, 9.17) is 0 Å². The van der Waals surface area contributed by atoms with E-state index in [0.29, 0.717) is 12.1 Å². The zero-order valence-electron chi connectivity index (χ0n) is 10.3. The van der Waals surface area contributed by atoms with Crippen molar-refractivity contribution in [1.29, 1.82) is 0 Å². The highest BCUT2D eigenvalue weighted by Gasteiger charge is 2.19. The first-order chi connectivity index (χ1) is 7.75. The van der Waals surface area contributed by atoms with Gasteiger partial charge in [0.1, 0.15) is 0 Å². The second-order valence-electron chi connectivity index (χ2n) is 5.13. The van der Waals surface area contributed by atoms with E-state index >= 15 is 0 Å². The van der Waals surface area contributed by atoms with E-state index in [2.05, 4.69) is 36.3 Å². The van der Waals surface area contributed by atoms with Crippen LogP contribution in [0.25, 0.3) is 0 Å². The molecule has 88 valence electrons. The molecule has 0 aliphatic heterocycles. The number of nitrogens with one attached hydrogen (secondary N) is 1. The first-order valence-corrected chi connectivity index (χ1v) is 6.41. The predicted octanol–water partition coefficient (Wildman–Crippen LogP) is 3.31. The summed E-state index contributed by atoms with van der Waals surface area (Å²) in [5.41, 5.74) is 1.34. The van der Waals surface area contributed by atoms with Gasteiger partial charge in [0, 0.05) is 24.5 Å². The van der Waals surface area contributed by atoms with Crippen LogP contribution < -0.4 is 5.32 Å². The van der Waals surface area contributed by atoms with Gasteiger partial charge in [-0.25, -0.2) is 0 Å². The molecule has 0 saturated heterocycles. The van der Waals surface area contributed by atoms with E-state index < -0.39 is 0 Å². The van der Waals surface area contributed by atoms with E-state index in [1.807, 2.05) is 12.4 Å². The van der Waals surface area contributed by atoms with Gasteiger partial charge in [-0.05, 0) is 56.2 Å². The largest absolute Gasteiger partial charge is 0.307 e. The van der Waals surface area contributed by atoms with Crippen LogP contribution >= 0.6 is 0 Å². The molecule has 0 amide bonds. The first-order valence-electron chi connectivity index (χ1n) is 6.41. The normalized spacial score (nSPS) is 27.6. The molecule has 0 aromatic carbocycles. The molecule has 1 fully saturated rings. The Balaban J connectivity index is 1.86. The summed E-state index contributed by atoms with van der Waals surface area (Å²) in [6, 6.07) is 5.35. The lowest BCUT2D eigenvalue weighted by atomic mass is 9.87. The molecule has 1 aromatic heterocycles. The number of hydrogen-bond donors (Lipinski definition) is 1. The van der Waals surface area contributed by atoms with Crippen molar-refractivity contribution in [2.75, 3.05) is 0 Å². The molecule has 1 heterocycles. The highest BCUT2D eigenvalue weighted by atomic mass is 14.9. The monoisotopic (exact) mass is 218 g/mol. The second-order valence-corrected chi connectivity index (χ2v) is 5.13. The van der Waals surface area contributed by atoms with E-state index in [0.717, 1.165) is 5.92 Å². The Labute approximate surface area is 98.5 Å². The van der Waals surface area contributed by atoms with Crippen LogP contribution in [0.15, 0.2) is 24.5 Å². The maximum atomic E-state index is 4.06. The van der Waals surface area contributed by atoms with Crippen LogP contribution in [0.1, 0.15) is 51.1 Å². The standard InChI is InChI=1S/C14H22N2/c1-11-3-5-14(6-4-11)16-12(2)13-7-9-15-10-8-13/h7-12,14,16H,3-6H2,1-2H3/t11?,12-,14?/m0/s1. The van der Waals surface area contributed by atoms with Crippen LogP contribution in [0.5, 0.6) is 0 Å². The number of pyridine rings is 1. The van der Waals surface area contributed by atoms with Gasteiger partial charge in [-0.3, -0.25) is 4.98 Å². The quantitative estimate of drug-likeness (QED) is 0.842. The number of nitrogens with zero attached hydrogens (tertiary/aromatic N) is 1. The van der Waals surface area contributed by atoms with Crippen LogP contribution in [0.2, 0.25) is 0 Å². The Morgan fingerprint density at radius 2 is 1.81 bits per heavy atom. The SMILES string of the molecule is CC1CCC(N[C@@H](C)c2ccncc2)CC1. The maximum absolute atomic E-state index is 4.06. The number of aromatic nitrogens is 1. The highest BCUT2D eigenvalue weighted by molar-refractivity contribution is 5.14. The topological polar surface area (TPSA) is 24.9 Å². The summed E-state index contributed by atoms with van der Waals surface area (Å²) in [7, 11) is 0. The van der Waals surface area contributed by atoms with Crippen molar-refractivity contribution >= 4 is 0 Å². The van der Waals surface area contributed by atoms with Gasteiger partial charge in [0.25, 0.3) is 0 Å². The molecule has 1 aliphatic carbocycles. The van der Waals surface area contributed by atoms with Gasteiger partial charge in [0.2, 0.25) is 0 Å². The highest BCUT2D eigenvalue weighted by Crippen LogP contribution is 2.25. The fourth-order valence-corrected chi connectivity index (χ4v) is 2.53. The third kappa shape index (κ3) is 3.05. The lowest BCUT2D eigenvalue weighted by molar-refractivity contribution is 0.291. The molecule has 0 bridgehead atoms. The number of hydrogen-bond acceptors (Lipinski definition) is 2. The molecule has 1 saturated carbocycles. The molecule has 16 heavy (non-hydrogen) atoms. The van der Waals surface area contributed by atoms with E-state index in [1.165, 1.54) is 31.2 Å². The van der Waals surface area contributed by atoms with Gasteiger partial charge in [-0.15, -0.1) is 0 Å². The third-order valence-electron chi connectivity index (χ3n) is 3.71. The Morgan fingerprint density at radius 3 is 2.44 bits per heavy atom. The summed E-state index contributed by atoms with van der Waals surface area (Å²) in [6.07, 6.45) is 9.15. The van der Waals surface area contributed by atoms with Crippen molar-refractivity contribution in [1.82, 2.24) is 10.3 Å². The minimum atomic E-state index is 0.446. The van der Waals surface area contributed by atoms with Crippen molar-refractivity contribution in [3.63, 3.8) is 0 Å². The fourth-order valence-electron chi connectivity index (χ4n) is 2.53. The van der Waals surface area contributed by atoms with Crippen LogP contribution in [0, 0.1) is 5.92 Å². The molecule has 1 atom stereocenters. The summed E-state index contributed by atoms with van der Waals surface area (Å²) in [4.78, 5) is 4.06. The van der Waals surface area contributed by atoms with Crippen molar-refractivity contribution in [2.24, 2.45) is 5.92 Å². The zero-order valence-corrected chi connectivity index (χ0v) is 10.3. The third-order valence-corrected chi connectivity index (χ3v) is 3.71. The lowest BCUT2D eigenvalue weighted by Crippen LogP contribution is -2.34. The van der Waals surface area contributed by atoms with Crippen LogP contribution in [0.3, 0.4) is 0 Å². The van der Waals surface area contributed by atoms with Crippen molar-refractivity contribution in [3.8, 4) is 0 Å². The average Bonchev–Trinajstić information content (AvgIpc) is 2.33. The zero-order chi connectivity index (χ0) is 11.4. The van der Waals surface area contributed by atoms with Crippen LogP contribution in [-0.4, -0.2) is 11.0 Å². The molecule has 1 N–H and O–H groups in total. The van der Waals surface area contributed by atoms with E-state index in [-0.39, 0.29) is 0 Å². The molecule has 2 rings (SSSR count). The van der Waals surface area contributed by atoms with E-state index in [1.54, 1.807) is 0 Å². The lowest BCUT2D eigenvalue weighted by Gasteiger charge is -2.29. The fraction of sp³-hybridized carbons (Fsp3) is 0.643. The second kappa shape index (κ2) is 5.44. The summed E-state index contributed by atoms with van der Waals surface area (Å²) in [5.74, 6) is 0.925. The van der Waals surface area contributed by atoms with Gasteiger partial charge >= 0.3 is 0 Å². The summed E-state index contributed by atoms with van der Waals surface area (Å²) in [6.45, 7) is 4.61. The molecule has 0 radical (unpaired) electrons. The molecule has 1 aromatic rings. The summed E-state index contributed by atoms with van der Waals surface area (Å²) < 4.78 is 0. The van der Waals surface area contributed by atoms with Crippen molar-refractivity contribution in [2.45, 2.75) is 51.6 Å². The molecule has 2 nitrogen and oxygen atoms in total. The molecule has 0 unspecified atom stereocenters. The van der Waals surface area contributed by atoms with Gasteiger partial charge in [-0.2, -0.15) is 0 Å². The number of rotatable bonds is 3. The van der Waals surface area contributed by atoms with Gasteiger partial charge in [0.15, 0.2) is 0 Å². The Hall–Kier alpha value is -0.890.